The van der Waals surface area contributed by atoms with E-state index in [1.807, 2.05) is 0 Å². The van der Waals surface area contributed by atoms with Crippen LogP contribution in [-0.4, -0.2) is 11.0 Å². The molecule has 3 rings (SSSR count). The maximum absolute atomic E-state index is 3.78. The van der Waals surface area contributed by atoms with Crippen molar-refractivity contribution in [1.29, 1.82) is 0 Å². The summed E-state index contributed by atoms with van der Waals surface area (Å²) in [6, 6.07) is 5.41. The summed E-state index contributed by atoms with van der Waals surface area (Å²) in [6.45, 7) is 4.46. The first-order valence-electron chi connectivity index (χ1n) is 8.15. The van der Waals surface area contributed by atoms with Gasteiger partial charge in [0.05, 0.1) is 11.2 Å². The SMILES string of the molecule is CCCCc1cc(NC2CCCC2)c2[nH]cc(C)c2c1. The first kappa shape index (κ1) is 13.5. The second-order valence-electron chi connectivity index (χ2n) is 6.27. The highest BCUT2D eigenvalue weighted by molar-refractivity contribution is 5.94. The molecule has 108 valence electrons. The number of aromatic amines is 1. The summed E-state index contributed by atoms with van der Waals surface area (Å²) in [4.78, 5) is 3.45. The fourth-order valence-corrected chi connectivity index (χ4v) is 3.36. The zero-order chi connectivity index (χ0) is 13.9. The van der Waals surface area contributed by atoms with Crippen molar-refractivity contribution < 1.29 is 0 Å². The molecule has 0 spiro atoms. The van der Waals surface area contributed by atoms with Crippen molar-refractivity contribution in [2.75, 3.05) is 5.32 Å². The predicted octanol–water partition coefficient (Wildman–Crippen LogP) is 5.17. The van der Waals surface area contributed by atoms with Crippen LogP contribution in [0.5, 0.6) is 0 Å². The lowest BCUT2D eigenvalue weighted by molar-refractivity contribution is 0.755. The molecule has 0 atom stereocenters. The highest BCUT2D eigenvalue weighted by atomic mass is 14.9. The van der Waals surface area contributed by atoms with Crippen LogP contribution in [-0.2, 0) is 6.42 Å². The largest absolute Gasteiger partial charge is 0.381 e. The maximum Gasteiger partial charge on any atom is 0.0692 e. The smallest absolute Gasteiger partial charge is 0.0692 e. The van der Waals surface area contributed by atoms with Crippen molar-refractivity contribution in [2.45, 2.75) is 64.8 Å². The van der Waals surface area contributed by atoms with E-state index in [9.17, 15) is 0 Å². The van der Waals surface area contributed by atoms with Gasteiger partial charge < -0.3 is 10.3 Å². The zero-order valence-corrected chi connectivity index (χ0v) is 12.8. The number of hydrogen-bond donors (Lipinski definition) is 2. The Hall–Kier alpha value is -1.44. The number of aryl methyl sites for hydroxylation is 2. The Bertz CT molecular complexity index is 576. The molecule has 0 saturated heterocycles. The van der Waals surface area contributed by atoms with Gasteiger partial charge in [-0.15, -0.1) is 0 Å². The van der Waals surface area contributed by atoms with Crippen LogP contribution in [0.25, 0.3) is 10.9 Å². The normalized spacial score (nSPS) is 16.1. The van der Waals surface area contributed by atoms with E-state index in [1.54, 1.807) is 0 Å². The summed E-state index contributed by atoms with van der Waals surface area (Å²) in [5, 5.41) is 5.17. The molecule has 1 aliphatic rings. The molecule has 1 heterocycles. The van der Waals surface area contributed by atoms with Gasteiger partial charge in [-0.05, 0) is 55.9 Å². The quantitative estimate of drug-likeness (QED) is 0.770. The molecule has 1 aromatic heterocycles. The molecule has 20 heavy (non-hydrogen) atoms. The number of hydrogen-bond acceptors (Lipinski definition) is 1. The minimum atomic E-state index is 0.670. The molecule has 1 fully saturated rings. The van der Waals surface area contributed by atoms with E-state index in [2.05, 4.69) is 42.5 Å². The Balaban J connectivity index is 1.94. The fourth-order valence-electron chi connectivity index (χ4n) is 3.36. The lowest BCUT2D eigenvalue weighted by Crippen LogP contribution is -2.14. The van der Waals surface area contributed by atoms with Gasteiger partial charge in [-0.1, -0.05) is 26.2 Å². The summed E-state index contributed by atoms with van der Waals surface area (Å²) in [5.74, 6) is 0. The molecule has 0 unspecified atom stereocenters. The topological polar surface area (TPSA) is 27.8 Å². The molecule has 1 saturated carbocycles. The van der Waals surface area contributed by atoms with Gasteiger partial charge in [-0.2, -0.15) is 0 Å². The van der Waals surface area contributed by atoms with Crippen molar-refractivity contribution in [3.63, 3.8) is 0 Å². The second-order valence-corrected chi connectivity index (χ2v) is 6.27. The van der Waals surface area contributed by atoms with Gasteiger partial charge in [0.2, 0.25) is 0 Å². The summed E-state index contributed by atoms with van der Waals surface area (Å²) in [6.07, 6.45) is 11.2. The van der Waals surface area contributed by atoms with E-state index in [1.165, 1.54) is 72.7 Å². The summed E-state index contributed by atoms with van der Waals surface area (Å²) < 4.78 is 0. The lowest BCUT2D eigenvalue weighted by atomic mass is 10.0. The van der Waals surface area contributed by atoms with E-state index < -0.39 is 0 Å². The van der Waals surface area contributed by atoms with E-state index >= 15 is 0 Å². The zero-order valence-electron chi connectivity index (χ0n) is 12.8. The molecule has 1 aromatic carbocycles. The Morgan fingerprint density at radius 3 is 2.80 bits per heavy atom. The highest BCUT2D eigenvalue weighted by Crippen LogP contribution is 2.31. The van der Waals surface area contributed by atoms with Crippen molar-refractivity contribution >= 4 is 16.6 Å². The number of nitrogens with one attached hydrogen (secondary N) is 2. The number of anilines is 1. The van der Waals surface area contributed by atoms with Crippen LogP contribution >= 0.6 is 0 Å². The van der Waals surface area contributed by atoms with Gasteiger partial charge in [0, 0.05) is 17.6 Å². The van der Waals surface area contributed by atoms with Gasteiger partial charge >= 0.3 is 0 Å². The van der Waals surface area contributed by atoms with Crippen LogP contribution in [0.3, 0.4) is 0 Å². The monoisotopic (exact) mass is 270 g/mol. The van der Waals surface area contributed by atoms with Gasteiger partial charge in [0.25, 0.3) is 0 Å². The third-order valence-electron chi connectivity index (χ3n) is 4.59. The summed E-state index contributed by atoms with van der Waals surface area (Å²) >= 11 is 0. The van der Waals surface area contributed by atoms with Gasteiger partial charge in [0.1, 0.15) is 0 Å². The Morgan fingerprint density at radius 2 is 2.05 bits per heavy atom. The van der Waals surface area contributed by atoms with E-state index in [-0.39, 0.29) is 0 Å². The molecular formula is C18H26N2. The standard InChI is InChI=1S/C18H26N2/c1-3-4-7-14-10-16-13(2)12-19-18(16)17(11-14)20-15-8-5-6-9-15/h10-12,15,19-20H,3-9H2,1-2H3. The van der Waals surface area contributed by atoms with Crippen molar-refractivity contribution in [3.8, 4) is 0 Å². The number of rotatable bonds is 5. The second kappa shape index (κ2) is 5.90. The number of fused-ring (bicyclic) bond motifs is 1. The molecule has 0 bridgehead atoms. The summed E-state index contributed by atoms with van der Waals surface area (Å²) in [7, 11) is 0. The van der Waals surface area contributed by atoms with Crippen LogP contribution in [0, 0.1) is 6.92 Å². The minimum absolute atomic E-state index is 0.670. The number of aromatic nitrogens is 1. The Labute approximate surface area is 122 Å². The molecule has 0 aliphatic heterocycles. The number of benzene rings is 1. The van der Waals surface area contributed by atoms with E-state index in [0.717, 1.165) is 0 Å². The third kappa shape index (κ3) is 2.70. The van der Waals surface area contributed by atoms with Crippen molar-refractivity contribution in [1.82, 2.24) is 4.98 Å². The molecule has 2 N–H and O–H groups in total. The molecule has 1 aliphatic carbocycles. The maximum atomic E-state index is 3.78. The average Bonchev–Trinajstić information content (AvgIpc) is 3.07. The molecule has 0 radical (unpaired) electrons. The van der Waals surface area contributed by atoms with Crippen LogP contribution < -0.4 is 5.32 Å². The molecule has 2 aromatic rings. The summed E-state index contributed by atoms with van der Waals surface area (Å²) in [5.41, 5.74) is 5.43. The first-order valence-corrected chi connectivity index (χ1v) is 8.15. The molecular weight excluding hydrogens is 244 g/mol. The molecule has 2 heteroatoms. The Morgan fingerprint density at radius 1 is 1.25 bits per heavy atom. The Kier molecular flexibility index (Phi) is 4.00. The van der Waals surface area contributed by atoms with Crippen LogP contribution in [0.1, 0.15) is 56.6 Å². The van der Waals surface area contributed by atoms with Crippen molar-refractivity contribution in [2.24, 2.45) is 0 Å². The van der Waals surface area contributed by atoms with E-state index in [0.29, 0.717) is 6.04 Å². The van der Waals surface area contributed by atoms with Gasteiger partial charge in [-0.25, -0.2) is 0 Å². The third-order valence-corrected chi connectivity index (χ3v) is 4.59. The average molecular weight is 270 g/mol. The number of H-pyrrole nitrogens is 1. The minimum Gasteiger partial charge on any atom is -0.381 e. The van der Waals surface area contributed by atoms with Crippen LogP contribution in [0.2, 0.25) is 0 Å². The number of unbranched alkanes of at least 4 members (excludes halogenated alkanes) is 1. The molecule has 2 nitrogen and oxygen atoms in total. The fraction of sp³-hybridized carbons (Fsp3) is 0.556. The highest BCUT2D eigenvalue weighted by Gasteiger charge is 2.16. The van der Waals surface area contributed by atoms with Gasteiger partial charge in [0.15, 0.2) is 0 Å². The first-order chi connectivity index (χ1) is 9.78. The van der Waals surface area contributed by atoms with Crippen LogP contribution in [0.4, 0.5) is 5.69 Å². The van der Waals surface area contributed by atoms with Gasteiger partial charge in [-0.3, -0.25) is 0 Å². The predicted molar refractivity (Wildman–Crippen MR) is 87.5 cm³/mol. The van der Waals surface area contributed by atoms with Crippen LogP contribution in [0.15, 0.2) is 18.3 Å². The van der Waals surface area contributed by atoms with Crippen molar-refractivity contribution in [3.05, 3.63) is 29.5 Å². The molecule has 0 amide bonds. The lowest BCUT2D eigenvalue weighted by Gasteiger charge is -2.16. The van der Waals surface area contributed by atoms with E-state index in [4.69, 9.17) is 0 Å².